The van der Waals surface area contributed by atoms with Gasteiger partial charge < -0.3 is 9.47 Å². The van der Waals surface area contributed by atoms with Crippen molar-refractivity contribution in [2.24, 2.45) is 0 Å². The molecule has 56 valence electrons. The monoisotopic (exact) mass is 142 g/mol. The maximum atomic E-state index is 10.6. The lowest BCUT2D eigenvalue weighted by Crippen LogP contribution is -1.99. The number of hydrogen-bond donors (Lipinski definition) is 0. The lowest BCUT2D eigenvalue weighted by atomic mass is 10.4. The van der Waals surface area contributed by atoms with Crippen molar-refractivity contribution in [1.82, 2.24) is 0 Å². The molecule has 1 rings (SSSR count). The van der Waals surface area contributed by atoms with Gasteiger partial charge in [0.1, 0.15) is 0 Å². The van der Waals surface area contributed by atoms with E-state index in [0.29, 0.717) is 6.61 Å². The van der Waals surface area contributed by atoms with E-state index in [2.05, 4.69) is 4.74 Å². The Morgan fingerprint density at radius 2 is 2.60 bits per heavy atom. The highest BCUT2D eigenvalue weighted by atomic mass is 16.6. The number of ether oxygens (including phenoxy) is 2. The molecule has 0 N–H and O–H groups in total. The van der Waals surface area contributed by atoms with E-state index in [1.807, 2.05) is 0 Å². The first kappa shape index (κ1) is 7.28. The summed E-state index contributed by atoms with van der Waals surface area (Å²) in [4.78, 5) is 10.6. The molecule has 1 aliphatic heterocycles. The number of epoxide rings is 1. The Balaban J connectivity index is 2.15. The number of hydrogen-bond acceptors (Lipinski definition) is 3. The van der Waals surface area contributed by atoms with Crippen LogP contribution in [-0.4, -0.2) is 25.3 Å². The van der Waals surface area contributed by atoms with Gasteiger partial charge in [-0.25, -0.2) is 4.79 Å². The van der Waals surface area contributed by atoms with Crippen molar-refractivity contribution in [3.63, 3.8) is 0 Å². The minimum atomic E-state index is -0.294. The van der Waals surface area contributed by atoms with Gasteiger partial charge in [-0.15, -0.1) is 0 Å². The number of rotatable bonds is 3. The van der Waals surface area contributed by atoms with Crippen LogP contribution in [0.25, 0.3) is 0 Å². The molecule has 1 heterocycles. The van der Waals surface area contributed by atoms with Crippen LogP contribution in [0.2, 0.25) is 0 Å². The van der Waals surface area contributed by atoms with E-state index in [4.69, 9.17) is 4.74 Å². The van der Waals surface area contributed by atoms with Crippen LogP contribution in [0.15, 0.2) is 12.2 Å². The second kappa shape index (κ2) is 3.37. The molecule has 1 aliphatic rings. The second-order valence-electron chi connectivity index (χ2n) is 1.98. The third-order valence-corrected chi connectivity index (χ3v) is 1.09. The molecular formula is C7H10O3. The molecule has 0 saturated carbocycles. The summed E-state index contributed by atoms with van der Waals surface area (Å²) in [6.45, 7) is 2.93. The van der Waals surface area contributed by atoms with Gasteiger partial charge in [0.05, 0.1) is 19.3 Å². The summed E-state index contributed by atoms with van der Waals surface area (Å²) in [7, 11) is 0. The Morgan fingerprint density at radius 1 is 1.90 bits per heavy atom. The molecule has 1 atom stereocenters. The lowest BCUT2D eigenvalue weighted by Gasteiger charge is -1.92. The van der Waals surface area contributed by atoms with E-state index < -0.39 is 0 Å². The van der Waals surface area contributed by atoms with Crippen molar-refractivity contribution in [3.05, 3.63) is 12.2 Å². The van der Waals surface area contributed by atoms with Crippen molar-refractivity contribution >= 4 is 5.97 Å². The van der Waals surface area contributed by atoms with E-state index >= 15 is 0 Å². The van der Waals surface area contributed by atoms with E-state index in [-0.39, 0.29) is 12.1 Å². The predicted molar refractivity (Wildman–Crippen MR) is 35.5 cm³/mol. The van der Waals surface area contributed by atoms with Gasteiger partial charge in [-0.1, -0.05) is 0 Å². The van der Waals surface area contributed by atoms with Gasteiger partial charge in [0, 0.05) is 6.08 Å². The lowest BCUT2D eigenvalue weighted by molar-refractivity contribution is -0.137. The first-order valence-electron chi connectivity index (χ1n) is 3.29. The summed E-state index contributed by atoms with van der Waals surface area (Å²) in [5.41, 5.74) is 0. The van der Waals surface area contributed by atoms with Crippen LogP contribution in [0.1, 0.15) is 6.92 Å². The average molecular weight is 142 g/mol. The maximum Gasteiger partial charge on any atom is 0.330 e. The highest BCUT2D eigenvalue weighted by Crippen LogP contribution is 2.09. The number of esters is 1. The molecule has 0 spiro atoms. The molecule has 0 bridgehead atoms. The molecule has 0 aromatic carbocycles. The van der Waals surface area contributed by atoms with Crippen molar-refractivity contribution in [3.8, 4) is 0 Å². The molecule has 10 heavy (non-hydrogen) atoms. The van der Waals surface area contributed by atoms with Gasteiger partial charge in [0.25, 0.3) is 0 Å². The topological polar surface area (TPSA) is 38.8 Å². The van der Waals surface area contributed by atoms with Gasteiger partial charge in [-0.05, 0) is 13.0 Å². The molecule has 3 heteroatoms. The van der Waals surface area contributed by atoms with Crippen LogP contribution in [0.3, 0.4) is 0 Å². The Bertz CT molecular complexity index is 147. The Hall–Kier alpha value is -0.830. The van der Waals surface area contributed by atoms with Gasteiger partial charge in [0.2, 0.25) is 0 Å². The Labute approximate surface area is 59.6 Å². The summed E-state index contributed by atoms with van der Waals surface area (Å²) in [5, 5.41) is 0. The number of carbonyl (C=O) groups is 1. The third-order valence-electron chi connectivity index (χ3n) is 1.09. The first-order chi connectivity index (χ1) is 4.83. The molecule has 1 fully saturated rings. The minimum absolute atomic E-state index is 0.157. The number of carbonyl (C=O) groups excluding carboxylic acids is 1. The summed E-state index contributed by atoms with van der Waals surface area (Å²) in [5.74, 6) is -0.294. The predicted octanol–water partition coefficient (Wildman–Crippen LogP) is 0.504. The van der Waals surface area contributed by atoms with Crippen molar-refractivity contribution in [2.75, 3.05) is 13.2 Å². The van der Waals surface area contributed by atoms with Crippen LogP contribution >= 0.6 is 0 Å². The smallest absolute Gasteiger partial charge is 0.330 e. The summed E-state index contributed by atoms with van der Waals surface area (Å²) in [6, 6.07) is 0. The molecular weight excluding hydrogens is 132 g/mol. The van der Waals surface area contributed by atoms with Crippen LogP contribution in [0, 0.1) is 0 Å². The van der Waals surface area contributed by atoms with E-state index in [9.17, 15) is 4.79 Å². The maximum absolute atomic E-state index is 10.6. The third kappa shape index (κ3) is 2.64. The molecule has 0 aromatic rings. The quantitative estimate of drug-likeness (QED) is 0.327. The van der Waals surface area contributed by atoms with Crippen molar-refractivity contribution in [2.45, 2.75) is 13.0 Å². The summed E-state index contributed by atoms with van der Waals surface area (Å²) >= 11 is 0. The van der Waals surface area contributed by atoms with Gasteiger partial charge in [-0.3, -0.25) is 0 Å². The molecule has 0 aliphatic carbocycles. The van der Waals surface area contributed by atoms with Crippen LogP contribution < -0.4 is 0 Å². The molecule has 3 nitrogen and oxygen atoms in total. The SMILES string of the molecule is CCOC(=O)/C=C/[C@@H]1CO1. The van der Waals surface area contributed by atoms with Crippen LogP contribution in [-0.2, 0) is 14.3 Å². The Morgan fingerprint density at radius 3 is 3.10 bits per heavy atom. The zero-order valence-electron chi connectivity index (χ0n) is 5.87. The van der Waals surface area contributed by atoms with E-state index in [1.165, 1.54) is 6.08 Å². The second-order valence-corrected chi connectivity index (χ2v) is 1.98. The molecule has 0 aromatic heterocycles. The minimum Gasteiger partial charge on any atom is -0.463 e. The molecule has 0 radical (unpaired) electrons. The first-order valence-corrected chi connectivity index (χ1v) is 3.29. The highest BCUT2D eigenvalue weighted by molar-refractivity contribution is 5.82. The Kier molecular flexibility index (Phi) is 2.45. The fraction of sp³-hybridized carbons (Fsp3) is 0.571. The normalized spacial score (nSPS) is 23.1. The average Bonchev–Trinajstić information content (AvgIpc) is 2.67. The highest BCUT2D eigenvalue weighted by Gasteiger charge is 2.18. The van der Waals surface area contributed by atoms with Gasteiger partial charge >= 0.3 is 5.97 Å². The van der Waals surface area contributed by atoms with Gasteiger partial charge in [0.15, 0.2) is 0 Å². The van der Waals surface area contributed by atoms with E-state index in [0.717, 1.165) is 6.61 Å². The largest absolute Gasteiger partial charge is 0.463 e. The summed E-state index contributed by atoms with van der Waals surface area (Å²) in [6.07, 6.45) is 3.27. The summed E-state index contributed by atoms with van der Waals surface area (Å²) < 4.78 is 9.48. The van der Waals surface area contributed by atoms with Crippen LogP contribution in [0.4, 0.5) is 0 Å². The zero-order chi connectivity index (χ0) is 7.40. The molecule has 0 amide bonds. The van der Waals surface area contributed by atoms with Crippen LogP contribution in [0.5, 0.6) is 0 Å². The van der Waals surface area contributed by atoms with Gasteiger partial charge in [-0.2, -0.15) is 0 Å². The van der Waals surface area contributed by atoms with E-state index in [1.54, 1.807) is 13.0 Å². The van der Waals surface area contributed by atoms with Crippen molar-refractivity contribution < 1.29 is 14.3 Å². The zero-order valence-corrected chi connectivity index (χ0v) is 5.87. The fourth-order valence-corrected chi connectivity index (χ4v) is 0.543. The fourth-order valence-electron chi connectivity index (χ4n) is 0.543. The molecule has 0 unspecified atom stereocenters. The van der Waals surface area contributed by atoms with Crippen molar-refractivity contribution in [1.29, 1.82) is 0 Å². The molecule has 1 saturated heterocycles. The standard InChI is InChI=1S/C7H10O3/c1-2-9-7(8)4-3-6-5-10-6/h3-4,6H,2,5H2,1H3/b4-3+/t6-/m1/s1.